The number of hydrogen-bond acceptors (Lipinski definition) is 2. The Labute approximate surface area is 101 Å². The van der Waals surface area contributed by atoms with Crippen molar-refractivity contribution in [3.63, 3.8) is 0 Å². The van der Waals surface area contributed by atoms with E-state index in [9.17, 15) is 0 Å². The van der Waals surface area contributed by atoms with Gasteiger partial charge in [-0.15, -0.1) is 0 Å². The highest BCUT2D eigenvalue weighted by Crippen LogP contribution is 2.30. The zero-order valence-corrected chi connectivity index (χ0v) is 11.4. The first kappa shape index (κ1) is 14.0. The van der Waals surface area contributed by atoms with E-state index in [-0.39, 0.29) is 5.41 Å². The smallest absolute Gasteiger partial charge is 0.0446 e. The van der Waals surface area contributed by atoms with Gasteiger partial charge in [-0.25, -0.2) is 0 Å². The molecule has 1 aliphatic rings. The number of aliphatic hydroxyl groups is 1. The third-order valence-corrected chi connectivity index (χ3v) is 4.02. The lowest BCUT2D eigenvalue weighted by Gasteiger charge is -2.34. The normalized spacial score (nSPS) is 28.3. The molecule has 0 radical (unpaired) electrons. The molecule has 0 aromatic rings. The monoisotopic (exact) mass is 227 g/mol. The minimum absolute atomic E-state index is 0.243. The van der Waals surface area contributed by atoms with Gasteiger partial charge in [-0.2, -0.15) is 0 Å². The highest BCUT2D eigenvalue weighted by molar-refractivity contribution is 4.87. The Morgan fingerprint density at radius 1 is 1.31 bits per heavy atom. The Morgan fingerprint density at radius 3 is 2.44 bits per heavy atom. The summed E-state index contributed by atoms with van der Waals surface area (Å²) in [5.41, 5.74) is 0.243. The molecule has 0 amide bonds. The van der Waals surface area contributed by atoms with Crippen LogP contribution in [0.25, 0.3) is 0 Å². The maximum atomic E-state index is 9.13. The molecule has 3 unspecified atom stereocenters. The minimum Gasteiger partial charge on any atom is -0.396 e. The highest BCUT2D eigenvalue weighted by atomic mass is 16.3. The first-order valence-corrected chi connectivity index (χ1v) is 6.84. The molecule has 1 aliphatic carbocycles. The molecule has 1 saturated carbocycles. The average Bonchev–Trinajstić information content (AvgIpc) is 2.63. The molecule has 1 rings (SSSR count). The van der Waals surface area contributed by atoms with Crippen LogP contribution in [0.1, 0.15) is 59.8 Å². The maximum absolute atomic E-state index is 9.13. The van der Waals surface area contributed by atoms with Gasteiger partial charge in [-0.05, 0) is 37.0 Å². The van der Waals surface area contributed by atoms with Crippen molar-refractivity contribution in [2.75, 3.05) is 6.61 Å². The summed E-state index contributed by atoms with van der Waals surface area (Å²) in [6.07, 6.45) is 6.21. The van der Waals surface area contributed by atoms with Crippen LogP contribution in [0.3, 0.4) is 0 Å². The molecule has 16 heavy (non-hydrogen) atoms. The zero-order valence-electron chi connectivity index (χ0n) is 11.4. The van der Waals surface area contributed by atoms with Crippen molar-refractivity contribution in [3.8, 4) is 0 Å². The van der Waals surface area contributed by atoms with Crippen LogP contribution in [0.15, 0.2) is 0 Å². The molecule has 2 N–H and O–H groups in total. The lowest BCUT2D eigenvalue weighted by atomic mass is 9.84. The van der Waals surface area contributed by atoms with Gasteiger partial charge in [0.25, 0.3) is 0 Å². The molecule has 0 heterocycles. The Kier molecular flexibility index (Phi) is 5.26. The van der Waals surface area contributed by atoms with Crippen molar-refractivity contribution in [1.82, 2.24) is 5.32 Å². The highest BCUT2D eigenvalue weighted by Gasteiger charge is 2.30. The van der Waals surface area contributed by atoms with E-state index in [2.05, 4.69) is 33.0 Å². The molecule has 96 valence electrons. The molecule has 3 atom stereocenters. The molecular formula is C14H29NO. The van der Waals surface area contributed by atoms with Crippen LogP contribution in [0, 0.1) is 11.3 Å². The van der Waals surface area contributed by atoms with Gasteiger partial charge in [-0.1, -0.05) is 34.1 Å². The van der Waals surface area contributed by atoms with Gasteiger partial charge < -0.3 is 10.4 Å². The van der Waals surface area contributed by atoms with Crippen molar-refractivity contribution in [2.24, 2.45) is 11.3 Å². The molecule has 1 fully saturated rings. The summed E-state index contributed by atoms with van der Waals surface area (Å²) in [6.45, 7) is 9.35. The second kappa shape index (κ2) is 6.02. The molecule has 0 aromatic heterocycles. The molecule has 2 nitrogen and oxygen atoms in total. The van der Waals surface area contributed by atoms with Crippen molar-refractivity contribution in [1.29, 1.82) is 0 Å². The molecule has 0 spiro atoms. The number of nitrogens with one attached hydrogen (secondary N) is 1. The van der Waals surface area contributed by atoms with E-state index in [4.69, 9.17) is 5.11 Å². The van der Waals surface area contributed by atoms with E-state index in [0.717, 1.165) is 12.3 Å². The van der Waals surface area contributed by atoms with E-state index in [1.54, 1.807) is 0 Å². The van der Waals surface area contributed by atoms with E-state index < -0.39 is 0 Å². The van der Waals surface area contributed by atoms with Crippen molar-refractivity contribution < 1.29 is 5.11 Å². The van der Waals surface area contributed by atoms with Crippen molar-refractivity contribution in [2.45, 2.75) is 71.9 Å². The molecule has 2 heteroatoms. The topological polar surface area (TPSA) is 32.3 Å². The summed E-state index contributed by atoms with van der Waals surface area (Å²) in [7, 11) is 0. The van der Waals surface area contributed by atoms with E-state index in [1.165, 1.54) is 25.7 Å². The van der Waals surface area contributed by atoms with Crippen LogP contribution in [-0.4, -0.2) is 23.8 Å². The predicted octanol–water partition coefficient (Wildman–Crippen LogP) is 2.95. The van der Waals surface area contributed by atoms with Crippen LogP contribution in [0.2, 0.25) is 0 Å². The Balaban J connectivity index is 2.43. The molecular weight excluding hydrogens is 198 g/mol. The van der Waals surface area contributed by atoms with Crippen LogP contribution >= 0.6 is 0 Å². The number of aliphatic hydroxyl groups excluding tert-OH is 1. The standard InChI is InChI=1S/C14H29NO/c1-5-11-6-7-12(10-11)15-13(8-9-16)14(2,3)4/h11-13,15-16H,5-10H2,1-4H3. The molecule has 0 aromatic carbocycles. The van der Waals surface area contributed by atoms with Gasteiger partial charge in [0.05, 0.1) is 0 Å². The van der Waals surface area contributed by atoms with E-state index in [0.29, 0.717) is 18.7 Å². The quantitative estimate of drug-likeness (QED) is 0.757. The molecule has 0 saturated heterocycles. The van der Waals surface area contributed by atoms with Crippen LogP contribution < -0.4 is 5.32 Å². The fourth-order valence-corrected chi connectivity index (χ4v) is 2.78. The van der Waals surface area contributed by atoms with Crippen LogP contribution in [-0.2, 0) is 0 Å². The van der Waals surface area contributed by atoms with Gasteiger partial charge in [-0.3, -0.25) is 0 Å². The summed E-state index contributed by atoms with van der Waals surface area (Å²) < 4.78 is 0. The third-order valence-electron chi connectivity index (χ3n) is 4.02. The van der Waals surface area contributed by atoms with Gasteiger partial charge in [0.2, 0.25) is 0 Å². The summed E-state index contributed by atoms with van der Waals surface area (Å²) in [4.78, 5) is 0. The summed E-state index contributed by atoms with van der Waals surface area (Å²) in [5.74, 6) is 0.923. The first-order chi connectivity index (χ1) is 7.47. The zero-order chi connectivity index (χ0) is 12.2. The van der Waals surface area contributed by atoms with E-state index >= 15 is 0 Å². The van der Waals surface area contributed by atoms with Crippen LogP contribution in [0.4, 0.5) is 0 Å². The number of rotatable bonds is 5. The van der Waals surface area contributed by atoms with Gasteiger partial charge in [0.15, 0.2) is 0 Å². The predicted molar refractivity (Wildman–Crippen MR) is 69.5 cm³/mol. The third kappa shape index (κ3) is 4.06. The summed E-state index contributed by atoms with van der Waals surface area (Å²) >= 11 is 0. The van der Waals surface area contributed by atoms with Crippen molar-refractivity contribution in [3.05, 3.63) is 0 Å². The lowest BCUT2D eigenvalue weighted by Crippen LogP contribution is -2.45. The maximum Gasteiger partial charge on any atom is 0.0446 e. The Hall–Kier alpha value is -0.0800. The first-order valence-electron chi connectivity index (χ1n) is 6.84. The van der Waals surface area contributed by atoms with Gasteiger partial charge in [0, 0.05) is 18.7 Å². The van der Waals surface area contributed by atoms with Gasteiger partial charge in [0.1, 0.15) is 0 Å². The Bertz CT molecular complexity index is 197. The second-order valence-corrected chi connectivity index (χ2v) is 6.38. The fraction of sp³-hybridized carbons (Fsp3) is 1.00. The fourth-order valence-electron chi connectivity index (χ4n) is 2.78. The van der Waals surface area contributed by atoms with Crippen LogP contribution in [0.5, 0.6) is 0 Å². The lowest BCUT2D eigenvalue weighted by molar-refractivity contribution is 0.185. The minimum atomic E-state index is 0.243. The van der Waals surface area contributed by atoms with E-state index in [1.807, 2.05) is 0 Å². The molecule has 0 bridgehead atoms. The Morgan fingerprint density at radius 2 is 2.00 bits per heavy atom. The summed E-state index contributed by atoms with van der Waals surface area (Å²) in [5, 5.41) is 12.9. The second-order valence-electron chi connectivity index (χ2n) is 6.38. The summed E-state index contributed by atoms with van der Waals surface area (Å²) in [6, 6.07) is 1.12. The SMILES string of the molecule is CCC1CCC(NC(CCO)C(C)(C)C)C1. The van der Waals surface area contributed by atoms with Gasteiger partial charge >= 0.3 is 0 Å². The largest absolute Gasteiger partial charge is 0.396 e. The molecule has 0 aliphatic heterocycles. The average molecular weight is 227 g/mol. The number of hydrogen-bond donors (Lipinski definition) is 2. The van der Waals surface area contributed by atoms with Crippen molar-refractivity contribution >= 4 is 0 Å².